The lowest BCUT2D eigenvalue weighted by Crippen LogP contribution is -2.35. The van der Waals surface area contributed by atoms with Crippen molar-refractivity contribution in [1.29, 1.82) is 0 Å². The van der Waals surface area contributed by atoms with Crippen LogP contribution in [-0.2, 0) is 9.46 Å². The van der Waals surface area contributed by atoms with Crippen LogP contribution in [0.4, 0.5) is 0 Å². The number of hydrogen-bond donors (Lipinski definition) is 0. The van der Waals surface area contributed by atoms with Crippen molar-refractivity contribution in [3.05, 3.63) is 91.0 Å². The Labute approximate surface area is 137 Å². The molecule has 0 aliphatic heterocycles. The summed E-state index contributed by atoms with van der Waals surface area (Å²) in [7, 11) is -3.37. The van der Waals surface area contributed by atoms with E-state index in [2.05, 4.69) is 0 Å². The van der Waals surface area contributed by atoms with Gasteiger partial charge >= 0.3 is 0 Å². The molecule has 0 aromatic heterocycles. The molecule has 0 aliphatic carbocycles. The minimum atomic E-state index is -3.37. The van der Waals surface area contributed by atoms with Gasteiger partial charge in [0.25, 0.3) is 9.46 Å². The van der Waals surface area contributed by atoms with E-state index in [1.54, 1.807) is 0 Å². The zero-order valence-corrected chi connectivity index (χ0v) is 14.5. The van der Waals surface area contributed by atoms with Crippen LogP contribution in [0.2, 0.25) is 0 Å². The second kappa shape index (κ2) is 6.27. The van der Waals surface area contributed by atoms with Crippen molar-refractivity contribution >= 4 is 31.8 Å². The maximum Gasteiger partial charge on any atom is 0.267 e. The quantitative estimate of drug-likeness (QED) is 0.684. The molecule has 0 unspecified atom stereocenters. The molecule has 23 heavy (non-hydrogen) atoms. The van der Waals surface area contributed by atoms with Crippen LogP contribution < -0.4 is 15.9 Å². The molecular weight excluding hydrogens is 323 g/mol. The van der Waals surface area contributed by atoms with E-state index in [0.29, 0.717) is 0 Å². The summed E-state index contributed by atoms with van der Waals surface area (Å²) in [5.41, 5.74) is 0. The molecule has 3 aromatic rings. The van der Waals surface area contributed by atoms with E-state index in [1.165, 1.54) is 6.26 Å². The monoisotopic (exact) mass is 341 g/mol. The molecular formula is C19H18O2PS+. The predicted molar refractivity (Wildman–Crippen MR) is 100.0 cm³/mol. The van der Waals surface area contributed by atoms with Crippen LogP contribution in [0.1, 0.15) is 0 Å². The van der Waals surface area contributed by atoms with Gasteiger partial charge in [0.15, 0.2) is 0 Å². The largest absolute Gasteiger partial charge is 0.267 e. The molecule has 0 saturated heterocycles. The maximum atomic E-state index is 13.1. The maximum absolute atomic E-state index is 13.1. The molecule has 0 N–H and O–H groups in total. The first kappa shape index (κ1) is 15.9. The molecule has 3 rings (SSSR count). The molecule has 0 spiro atoms. The topological polar surface area (TPSA) is 34.1 Å². The fourth-order valence-corrected chi connectivity index (χ4v) is 11.3. The van der Waals surface area contributed by atoms with Gasteiger partial charge in [-0.05, 0) is 36.4 Å². The minimum absolute atomic E-state index is 0.861. The standard InChI is InChI=1S/C19H18O2PS/c1-23(20,21)22(17-11-5-2-6-12-17,18-13-7-3-8-14-18)19-15-9-4-10-16-19/h2-16H,1H3/q+1. The first-order chi connectivity index (χ1) is 11.1. The lowest BCUT2D eigenvalue weighted by atomic mass is 10.4. The Morgan fingerprint density at radius 3 is 1.04 bits per heavy atom. The van der Waals surface area contributed by atoms with E-state index in [4.69, 9.17) is 0 Å². The van der Waals surface area contributed by atoms with Gasteiger partial charge in [0.05, 0.1) is 6.26 Å². The molecule has 0 atom stereocenters. The van der Waals surface area contributed by atoms with E-state index >= 15 is 0 Å². The molecule has 116 valence electrons. The highest BCUT2D eigenvalue weighted by atomic mass is 32.8. The summed E-state index contributed by atoms with van der Waals surface area (Å²) in [6, 6.07) is 28.7. The Morgan fingerprint density at radius 1 is 0.565 bits per heavy atom. The van der Waals surface area contributed by atoms with Crippen LogP contribution in [0, 0.1) is 0 Å². The highest BCUT2D eigenvalue weighted by Gasteiger charge is 2.55. The van der Waals surface area contributed by atoms with Crippen molar-refractivity contribution in [2.75, 3.05) is 6.26 Å². The number of hydrogen-bond acceptors (Lipinski definition) is 2. The zero-order valence-electron chi connectivity index (χ0n) is 12.8. The van der Waals surface area contributed by atoms with Gasteiger partial charge in [0.2, 0.25) is 6.46 Å². The van der Waals surface area contributed by atoms with Crippen LogP contribution in [0.5, 0.6) is 0 Å². The summed E-state index contributed by atoms with van der Waals surface area (Å²) in [4.78, 5) is 0. The van der Waals surface area contributed by atoms with Gasteiger partial charge in [-0.3, -0.25) is 0 Å². The van der Waals surface area contributed by atoms with Gasteiger partial charge in [0, 0.05) is 0 Å². The van der Waals surface area contributed by atoms with Gasteiger partial charge < -0.3 is 0 Å². The molecule has 0 amide bonds. The Hall–Kier alpha value is -1.96. The summed E-state index contributed by atoms with van der Waals surface area (Å²) in [5, 5.41) is 2.58. The average Bonchev–Trinajstić information content (AvgIpc) is 2.57. The summed E-state index contributed by atoms with van der Waals surface area (Å²) >= 11 is 0. The average molecular weight is 341 g/mol. The number of benzene rings is 3. The van der Waals surface area contributed by atoms with Crippen molar-refractivity contribution in [2.24, 2.45) is 0 Å². The predicted octanol–water partition coefficient (Wildman–Crippen LogP) is 2.94. The third-order valence-corrected chi connectivity index (χ3v) is 12.8. The Bertz CT molecular complexity index is 780. The van der Waals surface area contributed by atoms with Crippen molar-refractivity contribution in [2.45, 2.75) is 0 Å². The van der Waals surface area contributed by atoms with E-state index in [0.717, 1.165) is 15.9 Å². The third kappa shape index (κ3) is 2.71. The highest BCUT2D eigenvalue weighted by molar-refractivity contribution is 8.64. The minimum Gasteiger partial charge on any atom is -0.189 e. The van der Waals surface area contributed by atoms with E-state index in [1.807, 2.05) is 91.0 Å². The van der Waals surface area contributed by atoms with Gasteiger partial charge in [-0.15, -0.1) is 0 Å². The van der Waals surface area contributed by atoms with E-state index < -0.39 is 15.9 Å². The molecule has 0 fully saturated rings. The molecule has 0 heterocycles. The summed E-state index contributed by atoms with van der Waals surface area (Å²) in [6.45, 7) is -2.76. The second-order valence-electron chi connectivity index (χ2n) is 5.35. The zero-order chi connectivity index (χ0) is 16.3. The van der Waals surface area contributed by atoms with Gasteiger partial charge in [-0.25, -0.2) is 0 Å². The molecule has 0 radical (unpaired) electrons. The van der Waals surface area contributed by atoms with Crippen LogP contribution >= 0.6 is 6.46 Å². The fraction of sp³-hybridized carbons (Fsp3) is 0.0526. The molecule has 2 nitrogen and oxygen atoms in total. The summed E-state index contributed by atoms with van der Waals surface area (Å²) in [5.74, 6) is 0. The third-order valence-electron chi connectivity index (χ3n) is 3.86. The van der Waals surface area contributed by atoms with Crippen molar-refractivity contribution in [3.63, 3.8) is 0 Å². The second-order valence-corrected chi connectivity index (χ2v) is 13.2. The van der Waals surface area contributed by atoms with E-state index in [-0.39, 0.29) is 0 Å². The normalized spacial score (nSPS) is 12.0. The Morgan fingerprint density at radius 2 is 0.826 bits per heavy atom. The van der Waals surface area contributed by atoms with Gasteiger partial charge in [-0.2, -0.15) is 8.42 Å². The molecule has 0 saturated carbocycles. The summed E-state index contributed by atoms with van der Waals surface area (Å²) < 4.78 is 26.2. The van der Waals surface area contributed by atoms with Gasteiger partial charge in [0.1, 0.15) is 15.9 Å². The fourth-order valence-electron chi connectivity index (χ4n) is 2.94. The number of rotatable bonds is 4. The van der Waals surface area contributed by atoms with Crippen molar-refractivity contribution < 1.29 is 8.42 Å². The lowest BCUT2D eigenvalue weighted by molar-refractivity contribution is 0.615. The SMILES string of the molecule is CS(=O)(=O)[P+](c1ccccc1)(c1ccccc1)c1ccccc1. The van der Waals surface area contributed by atoms with Crippen LogP contribution in [0.3, 0.4) is 0 Å². The van der Waals surface area contributed by atoms with E-state index in [9.17, 15) is 8.42 Å². The molecule has 3 aromatic carbocycles. The van der Waals surface area contributed by atoms with Crippen molar-refractivity contribution in [1.82, 2.24) is 0 Å². The molecule has 0 aliphatic rings. The van der Waals surface area contributed by atoms with Crippen LogP contribution in [-0.4, -0.2) is 14.7 Å². The van der Waals surface area contributed by atoms with Crippen molar-refractivity contribution in [3.8, 4) is 0 Å². The first-order valence-corrected chi connectivity index (χ1v) is 11.6. The first-order valence-electron chi connectivity index (χ1n) is 7.33. The van der Waals surface area contributed by atoms with Gasteiger partial charge in [-0.1, -0.05) is 54.6 Å². The Kier molecular flexibility index (Phi) is 4.34. The smallest absolute Gasteiger partial charge is 0.189 e. The lowest BCUT2D eigenvalue weighted by Gasteiger charge is -2.24. The summed E-state index contributed by atoms with van der Waals surface area (Å²) in [6.07, 6.45) is 1.35. The van der Waals surface area contributed by atoms with Crippen LogP contribution in [0.25, 0.3) is 0 Å². The Balaban J connectivity index is 2.46. The highest BCUT2D eigenvalue weighted by Crippen LogP contribution is 2.60. The molecule has 0 bridgehead atoms. The molecule has 4 heteroatoms. The van der Waals surface area contributed by atoms with Crippen LogP contribution in [0.15, 0.2) is 91.0 Å².